The molecule has 0 spiro atoms. The topological polar surface area (TPSA) is 62.4 Å². The van der Waals surface area contributed by atoms with Crippen LogP contribution in [0.4, 0.5) is 0 Å². The van der Waals surface area contributed by atoms with E-state index in [0.29, 0.717) is 5.92 Å². The van der Waals surface area contributed by atoms with Crippen molar-refractivity contribution in [2.75, 3.05) is 7.11 Å². The third-order valence-electron chi connectivity index (χ3n) is 5.57. The fourth-order valence-corrected chi connectivity index (χ4v) is 4.04. The molecule has 136 valence electrons. The SMILES string of the molecule is COc1ccc(C2NNC3C(=O)NC(c4ccc(C(C)C)cc4)C32)cc1. The molecule has 3 N–H and O–H groups in total. The Kier molecular flexibility index (Phi) is 4.42. The van der Waals surface area contributed by atoms with Crippen LogP contribution >= 0.6 is 0 Å². The summed E-state index contributed by atoms with van der Waals surface area (Å²) in [6.07, 6.45) is 0. The summed E-state index contributed by atoms with van der Waals surface area (Å²) in [5, 5.41) is 3.18. The molecule has 4 atom stereocenters. The van der Waals surface area contributed by atoms with E-state index in [2.05, 4.69) is 66.4 Å². The molecule has 2 fully saturated rings. The highest BCUT2D eigenvalue weighted by Gasteiger charge is 2.51. The van der Waals surface area contributed by atoms with Gasteiger partial charge in [-0.2, -0.15) is 0 Å². The zero-order valence-electron chi connectivity index (χ0n) is 15.3. The predicted molar refractivity (Wildman–Crippen MR) is 101 cm³/mol. The number of hydrogen-bond acceptors (Lipinski definition) is 4. The molecular weight excluding hydrogens is 326 g/mol. The van der Waals surface area contributed by atoms with Gasteiger partial charge in [0.2, 0.25) is 5.91 Å². The molecule has 0 radical (unpaired) electrons. The molecular formula is C21H25N3O2. The van der Waals surface area contributed by atoms with Gasteiger partial charge in [-0.1, -0.05) is 50.2 Å². The van der Waals surface area contributed by atoms with Gasteiger partial charge in [0.05, 0.1) is 19.2 Å². The number of fused-ring (bicyclic) bond motifs is 1. The Hall–Kier alpha value is -2.37. The molecule has 26 heavy (non-hydrogen) atoms. The van der Waals surface area contributed by atoms with Gasteiger partial charge in [-0.05, 0) is 34.7 Å². The van der Waals surface area contributed by atoms with Crippen molar-refractivity contribution in [1.82, 2.24) is 16.2 Å². The van der Waals surface area contributed by atoms with Crippen LogP contribution < -0.4 is 20.9 Å². The number of hydrazine groups is 1. The van der Waals surface area contributed by atoms with Crippen molar-refractivity contribution in [3.8, 4) is 5.75 Å². The van der Waals surface area contributed by atoms with Crippen molar-refractivity contribution >= 4 is 5.91 Å². The number of carbonyl (C=O) groups excluding carboxylic acids is 1. The lowest BCUT2D eigenvalue weighted by Crippen LogP contribution is -2.39. The molecule has 4 unspecified atom stereocenters. The van der Waals surface area contributed by atoms with Gasteiger partial charge in [-0.3, -0.25) is 4.79 Å². The molecule has 0 bridgehead atoms. The molecule has 0 saturated carbocycles. The first-order valence-electron chi connectivity index (χ1n) is 9.13. The Morgan fingerprint density at radius 2 is 1.42 bits per heavy atom. The quantitative estimate of drug-likeness (QED) is 0.793. The molecule has 2 aromatic rings. The summed E-state index contributed by atoms with van der Waals surface area (Å²) in [4.78, 5) is 12.5. The standard InChI is InChI=1S/C21H25N3O2/c1-12(2)13-4-6-14(7-5-13)18-17-19(23-24-20(17)21(25)22-18)15-8-10-16(26-3)11-9-15/h4-12,17-20,23-24H,1-3H3,(H,22,25). The normalized spacial score (nSPS) is 27.5. The monoisotopic (exact) mass is 351 g/mol. The lowest BCUT2D eigenvalue weighted by molar-refractivity contribution is -0.121. The Labute approximate surface area is 154 Å². The number of carbonyl (C=O) groups is 1. The van der Waals surface area contributed by atoms with Crippen molar-refractivity contribution in [2.24, 2.45) is 5.92 Å². The maximum absolute atomic E-state index is 12.5. The van der Waals surface area contributed by atoms with E-state index in [9.17, 15) is 4.79 Å². The summed E-state index contributed by atoms with van der Waals surface area (Å²) < 4.78 is 5.25. The Bertz CT molecular complexity index is 786. The number of methoxy groups -OCH3 is 1. The maximum Gasteiger partial charge on any atom is 0.239 e. The highest BCUT2D eigenvalue weighted by Crippen LogP contribution is 2.42. The number of benzene rings is 2. The minimum Gasteiger partial charge on any atom is -0.497 e. The van der Waals surface area contributed by atoms with Crippen molar-refractivity contribution in [3.63, 3.8) is 0 Å². The summed E-state index contributed by atoms with van der Waals surface area (Å²) in [5.41, 5.74) is 10.1. The van der Waals surface area contributed by atoms with Crippen LogP contribution in [-0.4, -0.2) is 19.1 Å². The van der Waals surface area contributed by atoms with Crippen LogP contribution in [-0.2, 0) is 4.79 Å². The van der Waals surface area contributed by atoms with Crippen molar-refractivity contribution in [1.29, 1.82) is 0 Å². The second-order valence-corrected chi connectivity index (χ2v) is 7.40. The van der Waals surface area contributed by atoms with E-state index in [1.54, 1.807) is 7.11 Å². The summed E-state index contributed by atoms with van der Waals surface area (Å²) in [6.45, 7) is 4.37. The molecule has 0 aromatic heterocycles. The van der Waals surface area contributed by atoms with Gasteiger partial charge in [0.1, 0.15) is 11.8 Å². The second-order valence-electron chi connectivity index (χ2n) is 7.40. The second kappa shape index (κ2) is 6.74. The molecule has 2 aliphatic rings. The zero-order chi connectivity index (χ0) is 18.3. The smallest absolute Gasteiger partial charge is 0.239 e. The maximum atomic E-state index is 12.5. The molecule has 0 aliphatic carbocycles. The third-order valence-corrected chi connectivity index (χ3v) is 5.57. The summed E-state index contributed by atoms with van der Waals surface area (Å²) in [7, 11) is 1.66. The van der Waals surface area contributed by atoms with Crippen LogP contribution in [0.3, 0.4) is 0 Å². The molecule has 2 saturated heterocycles. The lowest BCUT2D eigenvalue weighted by Gasteiger charge is -2.24. The highest BCUT2D eigenvalue weighted by atomic mass is 16.5. The van der Waals surface area contributed by atoms with Crippen LogP contribution in [0.2, 0.25) is 0 Å². The van der Waals surface area contributed by atoms with Crippen LogP contribution in [0.5, 0.6) is 5.75 Å². The summed E-state index contributed by atoms with van der Waals surface area (Å²) >= 11 is 0. The fourth-order valence-electron chi connectivity index (χ4n) is 4.04. The highest BCUT2D eigenvalue weighted by molar-refractivity contribution is 5.86. The van der Waals surface area contributed by atoms with Crippen molar-refractivity contribution in [3.05, 3.63) is 65.2 Å². The molecule has 4 rings (SSSR count). The Morgan fingerprint density at radius 3 is 2.04 bits per heavy atom. The average molecular weight is 351 g/mol. The van der Waals surface area contributed by atoms with E-state index in [1.165, 1.54) is 5.56 Å². The average Bonchev–Trinajstić information content (AvgIpc) is 3.23. The van der Waals surface area contributed by atoms with Crippen molar-refractivity contribution < 1.29 is 9.53 Å². The first kappa shape index (κ1) is 17.1. The van der Waals surface area contributed by atoms with Crippen LogP contribution in [0.1, 0.15) is 48.5 Å². The van der Waals surface area contributed by atoms with E-state index in [1.807, 2.05) is 12.1 Å². The predicted octanol–water partition coefficient (Wildman–Crippen LogP) is 2.82. The van der Waals surface area contributed by atoms with E-state index in [-0.39, 0.29) is 30.0 Å². The van der Waals surface area contributed by atoms with Crippen LogP contribution in [0.25, 0.3) is 0 Å². The van der Waals surface area contributed by atoms with Crippen molar-refractivity contribution in [2.45, 2.75) is 37.9 Å². The number of nitrogens with one attached hydrogen (secondary N) is 3. The first-order chi connectivity index (χ1) is 12.6. The zero-order valence-corrected chi connectivity index (χ0v) is 15.3. The first-order valence-corrected chi connectivity index (χ1v) is 9.13. The molecule has 2 aliphatic heterocycles. The summed E-state index contributed by atoms with van der Waals surface area (Å²) in [5.74, 6) is 1.49. The molecule has 2 aromatic carbocycles. The van der Waals surface area contributed by atoms with E-state index in [0.717, 1.165) is 16.9 Å². The molecule has 5 heteroatoms. The molecule has 2 heterocycles. The molecule has 1 amide bonds. The number of amides is 1. The van der Waals surface area contributed by atoms with Crippen LogP contribution in [0, 0.1) is 5.92 Å². The lowest BCUT2D eigenvalue weighted by atomic mass is 9.83. The summed E-state index contributed by atoms with van der Waals surface area (Å²) in [6, 6.07) is 16.5. The van der Waals surface area contributed by atoms with Gasteiger partial charge in [-0.25, -0.2) is 10.9 Å². The minimum atomic E-state index is -0.225. The number of rotatable bonds is 4. The largest absolute Gasteiger partial charge is 0.497 e. The van der Waals surface area contributed by atoms with Crippen LogP contribution in [0.15, 0.2) is 48.5 Å². The van der Waals surface area contributed by atoms with Gasteiger partial charge >= 0.3 is 0 Å². The van der Waals surface area contributed by atoms with E-state index < -0.39 is 0 Å². The minimum absolute atomic E-state index is 0.0108. The Morgan fingerprint density at radius 1 is 0.846 bits per heavy atom. The number of ether oxygens (including phenoxy) is 1. The van der Waals surface area contributed by atoms with Gasteiger partial charge in [0.25, 0.3) is 0 Å². The van der Waals surface area contributed by atoms with E-state index >= 15 is 0 Å². The van der Waals surface area contributed by atoms with Gasteiger partial charge in [0.15, 0.2) is 0 Å². The van der Waals surface area contributed by atoms with Gasteiger partial charge in [0, 0.05) is 5.92 Å². The van der Waals surface area contributed by atoms with Gasteiger partial charge < -0.3 is 10.1 Å². The van der Waals surface area contributed by atoms with E-state index in [4.69, 9.17) is 4.74 Å². The third kappa shape index (κ3) is 2.87. The number of hydrogen-bond donors (Lipinski definition) is 3. The fraction of sp³-hybridized carbons (Fsp3) is 0.381. The Balaban J connectivity index is 1.64. The van der Waals surface area contributed by atoms with Gasteiger partial charge in [-0.15, -0.1) is 0 Å². The molecule has 5 nitrogen and oxygen atoms in total.